The first-order valence-electron chi connectivity index (χ1n) is 13.0. The van der Waals surface area contributed by atoms with Gasteiger partial charge in [-0.05, 0) is 58.7 Å². The highest BCUT2D eigenvalue weighted by Gasteiger charge is 2.29. The standard InChI is InChI=1S/C32H37NO5/c1-6-21-8-12-23(13-9-21)18-28(34)37-26-17-16-25(30(36)31(33)32(3,4)5)20-27(26)38-29(35)19-24-14-10-22(7-2)11-15-24/h8-17,20,31H,6-7,18-19,33H2,1-5H3. The largest absolute Gasteiger partial charge is 0.422 e. The van der Waals surface area contributed by atoms with Crippen LogP contribution in [-0.4, -0.2) is 23.8 Å². The van der Waals surface area contributed by atoms with Crippen molar-refractivity contribution in [3.63, 3.8) is 0 Å². The molecule has 0 aromatic heterocycles. The molecule has 3 aromatic rings. The lowest BCUT2D eigenvalue weighted by Crippen LogP contribution is -2.42. The van der Waals surface area contributed by atoms with Crippen LogP contribution < -0.4 is 15.2 Å². The molecule has 6 nitrogen and oxygen atoms in total. The Morgan fingerprint density at radius 2 is 1.11 bits per heavy atom. The molecule has 1 atom stereocenters. The van der Waals surface area contributed by atoms with Gasteiger partial charge in [0.2, 0.25) is 0 Å². The number of esters is 2. The molecule has 0 aliphatic heterocycles. The summed E-state index contributed by atoms with van der Waals surface area (Å²) < 4.78 is 11.2. The van der Waals surface area contributed by atoms with Gasteiger partial charge < -0.3 is 15.2 Å². The quantitative estimate of drug-likeness (QED) is 0.213. The van der Waals surface area contributed by atoms with Crippen molar-refractivity contribution in [2.45, 2.75) is 66.3 Å². The van der Waals surface area contributed by atoms with Crippen LogP contribution in [0.2, 0.25) is 0 Å². The number of carbonyl (C=O) groups excluding carboxylic acids is 3. The van der Waals surface area contributed by atoms with Gasteiger partial charge in [-0.2, -0.15) is 0 Å². The molecule has 3 aromatic carbocycles. The Balaban J connectivity index is 1.83. The minimum Gasteiger partial charge on any atom is -0.422 e. The van der Waals surface area contributed by atoms with E-state index in [1.54, 1.807) is 0 Å². The number of aryl methyl sites for hydroxylation is 2. The lowest BCUT2D eigenvalue weighted by atomic mass is 9.83. The van der Waals surface area contributed by atoms with E-state index in [0.717, 1.165) is 24.0 Å². The fourth-order valence-corrected chi connectivity index (χ4v) is 3.83. The van der Waals surface area contributed by atoms with Crippen LogP contribution in [0.4, 0.5) is 0 Å². The van der Waals surface area contributed by atoms with Crippen LogP contribution in [0.15, 0.2) is 66.7 Å². The summed E-state index contributed by atoms with van der Waals surface area (Å²) in [4.78, 5) is 38.6. The third kappa shape index (κ3) is 7.86. The summed E-state index contributed by atoms with van der Waals surface area (Å²) in [6.45, 7) is 9.76. The van der Waals surface area contributed by atoms with E-state index < -0.39 is 23.4 Å². The number of benzene rings is 3. The fraction of sp³-hybridized carbons (Fsp3) is 0.344. The Bertz CT molecular complexity index is 1270. The summed E-state index contributed by atoms with van der Waals surface area (Å²) in [5.41, 5.74) is 9.95. The minimum atomic E-state index is -0.761. The SMILES string of the molecule is CCc1ccc(CC(=O)Oc2ccc(C(=O)C(N)C(C)(C)C)cc2OC(=O)Cc2ccc(CC)cc2)cc1. The molecule has 0 heterocycles. The average Bonchev–Trinajstić information content (AvgIpc) is 2.89. The average molecular weight is 516 g/mol. The Morgan fingerprint density at radius 3 is 1.53 bits per heavy atom. The second-order valence-electron chi connectivity index (χ2n) is 10.5. The van der Waals surface area contributed by atoms with Crippen LogP contribution >= 0.6 is 0 Å². The first kappa shape index (κ1) is 28.8. The summed E-state index contributed by atoms with van der Waals surface area (Å²) in [6.07, 6.45) is 1.89. The zero-order valence-corrected chi connectivity index (χ0v) is 22.9. The van der Waals surface area contributed by atoms with Crippen molar-refractivity contribution in [3.8, 4) is 11.5 Å². The van der Waals surface area contributed by atoms with Gasteiger partial charge in [-0.1, -0.05) is 83.1 Å². The molecule has 0 radical (unpaired) electrons. The molecular weight excluding hydrogens is 478 g/mol. The molecule has 200 valence electrons. The maximum Gasteiger partial charge on any atom is 0.315 e. The van der Waals surface area contributed by atoms with E-state index in [1.807, 2.05) is 69.3 Å². The van der Waals surface area contributed by atoms with Crippen LogP contribution in [0.3, 0.4) is 0 Å². The number of nitrogens with two attached hydrogens (primary N) is 1. The molecule has 0 amide bonds. The van der Waals surface area contributed by atoms with Gasteiger partial charge in [0.05, 0.1) is 18.9 Å². The highest BCUT2D eigenvalue weighted by atomic mass is 16.6. The van der Waals surface area contributed by atoms with Crippen molar-refractivity contribution in [2.75, 3.05) is 0 Å². The Hall–Kier alpha value is -3.77. The Labute approximate surface area is 225 Å². The number of hydrogen-bond donors (Lipinski definition) is 1. The first-order chi connectivity index (χ1) is 18.0. The van der Waals surface area contributed by atoms with Gasteiger partial charge in [-0.25, -0.2) is 0 Å². The smallest absolute Gasteiger partial charge is 0.315 e. The van der Waals surface area contributed by atoms with Crippen molar-refractivity contribution in [1.82, 2.24) is 0 Å². The fourth-order valence-electron chi connectivity index (χ4n) is 3.83. The van der Waals surface area contributed by atoms with Gasteiger partial charge in [-0.3, -0.25) is 14.4 Å². The predicted molar refractivity (Wildman–Crippen MR) is 149 cm³/mol. The van der Waals surface area contributed by atoms with E-state index in [2.05, 4.69) is 13.8 Å². The lowest BCUT2D eigenvalue weighted by molar-refractivity contribution is -0.136. The molecule has 0 saturated heterocycles. The van der Waals surface area contributed by atoms with E-state index >= 15 is 0 Å². The summed E-state index contributed by atoms with van der Waals surface area (Å²) in [6, 6.07) is 19.1. The molecule has 6 heteroatoms. The maximum absolute atomic E-state index is 13.0. The monoisotopic (exact) mass is 515 g/mol. The van der Waals surface area contributed by atoms with Crippen LogP contribution in [-0.2, 0) is 35.3 Å². The van der Waals surface area contributed by atoms with Crippen LogP contribution in [0.5, 0.6) is 11.5 Å². The van der Waals surface area contributed by atoms with Crippen molar-refractivity contribution >= 4 is 17.7 Å². The van der Waals surface area contributed by atoms with Gasteiger partial charge in [0.1, 0.15) is 0 Å². The Kier molecular flexibility index (Phi) is 9.59. The van der Waals surface area contributed by atoms with Gasteiger partial charge in [0.15, 0.2) is 17.3 Å². The molecule has 0 bridgehead atoms. The molecule has 2 N–H and O–H groups in total. The maximum atomic E-state index is 13.0. The van der Waals surface area contributed by atoms with Crippen molar-refractivity contribution in [2.24, 2.45) is 11.1 Å². The second kappa shape index (κ2) is 12.7. The van der Waals surface area contributed by atoms with E-state index in [1.165, 1.54) is 29.3 Å². The number of rotatable bonds is 10. The molecule has 1 unspecified atom stereocenters. The molecule has 0 fully saturated rings. The second-order valence-corrected chi connectivity index (χ2v) is 10.5. The number of carbonyl (C=O) groups is 3. The van der Waals surface area contributed by atoms with Gasteiger partial charge in [-0.15, -0.1) is 0 Å². The van der Waals surface area contributed by atoms with Gasteiger partial charge in [0, 0.05) is 5.56 Å². The topological polar surface area (TPSA) is 95.7 Å². The van der Waals surface area contributed by atoms with Gasteiger partial charge in [0.25, 0.3) is 0 Å². The number of ketones is 1. The van der Waals surface area contributed by atoms with Crippen LogP contribution in [0, 0.1) is 5.41 Å². The summed E-state index contributed by atoms with van der Waals surface area (Å²) in [5, 5.41) is 0. The van der Waals surface area contributed by atoms with Crippen molar-refractivity contribution in [1.29, 1.82) is 0 Å². The zero-order chi connectivity index (χ0) is 27.9. The van der Waals surface area contributed by atoms with Crippen molar-refractivity contribution in [3.05, 3.63) is 94.5 Å². The molecule has 0 aliphatic rings. The first-order valence-corrected chi connectivity index (χ1v) is 13.0. The van der Waals surface area contributed by atoms with Crippen LogP contribution in [0.25, 0.3) is 0 Å². The summed E-state index contributed by atoms with van der Waals surface area (Å²) in [5.74, 6) is -1.27. The number of hydrogen-bond acceptors (Lipinski definition) is 6. The van der Waals surface area contributed by atoms with E-state index in [9.17, 15) is 14.4 Å². The van der Waals surface area contributed by atoms with Gasteiger partial charge >= 0.3 is 11.9 Å². The van der Waals surface area contributed by atoms with E-state index in [-0.39, 0.29) is 35.7 Å². The number of Topliss-reactive ketones (excluding diaryl/α,β-unsaturated/α-hetero) is 1. The van der Waals surface area contributed by atoms with Crippen molar-refractivity contribution < 1.29 is 23.9 Å². The molecule has 0 saturated carbocycles. The third-order valence-electron chi connectivity index (χ3n) is 6.45. The number of ether oxygens (including phenoxy) is 2. The minimum absolute atomic E-state index is 0.00168. The highest BCUT2D eigenvalue weighted by Crippen LogP contribution is 2.31. The molecule has 0 aliphatic carbocycles. The molecular formula is C32H37NO5. The predicted octanol–water partition coefficient (Wildman–Crippen LogP) is 5.66. The Morgan fingerprint density at radius 1 is 0.684 bits per heavy atom. The van der Waals surface area contributed by atoms with E-state index in [4.69, 9.17) is 15.2 Å². The van der Waals surface area contributed by atoms with Crippen LogP contribution in [0.1, 0.15) is 67.2 Å². The highest BCUT2D eigenvalue weighted by molar-refractivity contribution is 6.01. The molecule has 0 spiro atoms. The lowest BCUT2D eigenvalue weighted by Gasteiger charge is -2.25. The zero-order valence-electron chi connectivity index (χ0n) is 22.9. The van der Waals surface area contributed by atoms with E-state index in [0.29, 0.717) is 0 Å². The summed E-state index contributed by atoms with van der Waals surface area (Å²) >= 11 is 0. The molecule has 3 rings (SSSR count). The normalized spacial score (nSPS) is 12.1. The third-order valence-corrected chi connectivity index (χ3v) is 6.45. The summed E-state index contributed by atoms with van der Waals surface area (Å²) in [7, 11) is 0. The molecule has 38 heavy (non-hydrogen) atoms.